The van der Waals surface area contributed by atoms with Crippen LogP contribution in [0, 0.1) is 5.92 Å². The van der Waals surface area contributed by atoms with Crippen molar-refractivity contribution in [1.29, 1.82) is 0 Å². The summed E-state index contributed by atoms with van der Waals surface area (Å²) in [5.74, 6) is 1.53. The van der Waals surface area contributed by atoms with E-state index in [0.717, 1.165) is 17.7 Å². The highest BCUT2D eigenvalue weighted by atomic mass is 16.5. The first-order valence-corrected chi connectivity index (χ1v) is 9.73. The van der Waals surface area contributed by atoms with Crippen LogP contribution in [0.1, 0.15) is 25.8 Å². The topological polar surface area (TPSA) is 70.5 Å². The Morgan fingerprint density at radius 2 is 1.86 bits per heavy atom. The first-order valence-electron chi connectivity index (χ1n) is 9.73. The van der Waals surface area contributed by atoms with E-state index in [1.807, 2.05) is 36.4 Å². The van der Waals surface area contributed by atoms with Crippen molar-refractivity contribution >= 4 is 16.7 Å². The highest BCUT2D eigenvalue weighted by molar-refractivity contribution is 5.79. The second-order valence-corrected chi connectivity index (χ2v) is 7.58. The maximum atomic E-state index is 13.2. The third-order valence-electron chi connectivity index (χ3n) is 5.08. The van der Waals surface area contributed by atoms with Gasteiger partial charge in [0.15, 0.2) is 0 Å². The summed E-state index contributed by atoms with van der Waals surface area (Å²) < 4.78 is 9.83. The molecule has 0 aliphatic carbocycles. The van der Waals surface area contributed by atoms with Gasteiger partial charge in [-0.05, 0) is 42.2 Å². The molecule has 0 radical (unpaired) electrons. The van der Waals surface area contributed by atoms with Crippen LogP contribution in [0.25, 0.3) is 16.7 Å². The number of benzene rings is 2. The zero-order valence-corrected chi connectivity index (χ0v) is 16.8. The van der Waals surface area contributed by atoms with E-state index in [0.29, 0.717) is 35.7 Å². The molecule has 0 unspecified atom stereocenters. The summed E-state index contributed by atoms with van der Waals surface area (Å²) in [5, 5.41) is 5.06. The Morgan fingerprint density at radius 1 is 1.07 bits per heavy atom. The predicted octanol–water partition coefficient (Wildman–Crippen LogP) is 2.91. The Kier molecular flexibility index (Phi) is 4.96. The largest absolute Gasteiger partial charge is 0.497 e. The fraction of sp³-hybridized carbons (Fsp3) is 0.318. The summed E-state index contributed by atoms with van der Waals surface area (Å²) in [5.41, 5.74) is 1.09. The van der Waals surface area contributed by atoms with E-state index in [9.17, 15) is 9.59 Å². The number of aromatic nitrogens is 4. The Bertz CT molecular complexity index is 1300. The molecule has 150 valence electrons. The third-order valence-corrected chi connectivity index (χ3v) is 5.08. The highest BCUT2D eigenvalue weighted by Gasteiger charge is 2.17. The molecule has 0 bridgehead atoms. The van der Waals surface area contributed by atoms with E-state index in [-0.39, 0.29) is 11.2 Å². The maximum absolute atomic E-state index is 13.2. The van der Waals surface area contributed by atoms with Gasteiger partial charge in [0.05, 0.1) is 24.6 Å². The lowest BCUT2D eigenvalue weighted by atomic mass is 10.1. The highest BCUT2D eigenvalue weighted by Crippen LogP contribution is 2.15. The molecule has 2 aromatic heterocycles. The molecule has 0 N–H and O–H groups in total. The van der Waals surface area contributed by atoms with Crippen molar-refractivity contribution in [2.24, 2.45) is 5.92 Å². The average Bonchev–Trinajstić information content (AvgIpc) is 3.04. The maximum Gasteiger partial charge on any atom is 0.352 e. The summed E-state index contributed by atoms with van der Waals surface area (Å²) in [6.07, 6.45) is 0.824. The van der Waals surface area contributed by atoms with Crippen LogP contribution in [0.4, 0.5) is 0 Å². The Balaban J connectivity index is 1.93. The Labute approximate surface area is 167 Å². The second kappa shape index (κ2) is 7.58. The number of methoxy groups -OCH3 is 1. The van der Waals surface area contributed by atoms with Crippen molar-refractivity contribution in [3.8, 4) is 5.75 Å². The van der Waals surface area contributed by atoms with E-state index >= 15 is 0 Å². The van der Waals surface area contributed by atoms with Gasteiger partial charge in [-0.3, -0.25) is 9.36 Å². The lowest BCUT2D eigenvalue weighted by molar-refractivity contribution is 0.414. The number of ether oxygens (including phenoxy) is 1. The van der Waals surface area contributed by atoms with E-state index in [2.05, 4.69) is 18.9 Å². The molecule has 0 saturated carbocycles. The van der Waals surface area contributed by atoms with Crippen molar-refractivity contribution in [2.75, 3.05) is 7.11 Å². The normalized spacial score (nSPS) is 11.6. The number of para-hydroxylation sites is 1. The molecule has 7 heteroatoms. The second-order valence-electron chi connectivity index (χ2n) is 7.58. The molecule has 0 saturated heterocycles. The van der Waals surface area contributed by atoms with E-state index in [1.54, 1.807) is 23.8 Å². The number of hydrogen-bond donors (Lipinski definition) is 0. The van der Waals surface area contributed by atoms with Crippen molar-refractivity contribution in [1.82, 2.24) is 18.7 Å². The molecule has 4 aromatic rings. The smallest absolute Gasteiger partial charge is 0.352 e. The van der Waals surface area contributed by atoms with E-state index in [1.165, 1.54) is 9.08 Å². The fourth-order valence-corrected chi connectivity index (χ4v) is 3.50. The van der Waals surface area contributed by atoms with Gasteiger partial charge in [0.2, 0.25) is 5.78 Å². The number of rotatable bonds is 6. The fourth-order valence-electron chi connectivity index (χ4n) is 3.50. The van der Waals surface area contributed by atoms with Crippen LogP contribution >= 0.6 is 0 Å². The molecule has 29 heavy (non-hydrogen) atoms. The van der Waals surface area contributed by atoms with Crippen LogP contribution < -0.4 is 16.0 Å². The lowest BCUT2D eigenvalue weighted by Crippen LogP contribution is -2.27. The molecular weight excluding hydrogens is 368 g/mol. The molecule has 2 aromatic carbocycles. The molecule has 0 aliphatic heterocycles. The summed E-state index contributed by atoms with van der Waals surface area (Å²) in [6.45, 7) is 5.03. The van der Waals surface area contributed by atoms with Gasteiger partial charge in [0.25, 0.3) is 5.56 Å². The lowest BCUT2D eigenvalue weighted by Gasteiger charge is -2.10. The van der Waals surface area contributed by atoms with Gasteiger partial charge >= 0.3 is 5.69 Å². The molecule has 0 amide bonds. The summed E-state index contributed by atoms with van der Waals surface area (Å²) in [6, 6.07) is 14.7. The van der Waals surface area contributed by atoms with Gasteiger partial charge in [0.1, 0.15) is 5.75 Å². The molecule has 2 heterocycles. The Morgan fingerprint density at radius 3 is 2.62 bits per heavy atom. The van der Waals surface area contributed by atoms with Crippen LogP contribution in [0.5, 0.6) is 5.75 Å². The first kappa shape index (κ1) is 19.0. The molecule has 0 spiro atoms. The van der Waals surface area contributed by atoms with Gasteiger partial charge in [-0.25, -0.2) is 13.9 Å². The Hall–Kier alpha value is -3.35. The quantitative estimate of drug-likeness (QED) is 0.506. The molecule has 0 atom stereocenters. The van der Waals surface area contributed by atoms with Crippen LogP contribution in [0.15, 0.2) is 58.1 Å². The molecular formula is C22H24N4O3. The van der Waals surface area contributed by atoms with Crippen molar-refractivity contribution in [2.45, 2.75) is 33.4 Å². The third kappa shape index (κ3) is 3.44. The van der Waals surface area contributed by atoms with Crippen LogP contribution in [0.3, 0.4) is 0 Å². The van der Waals surface area contributed by atoms with Crippen molar-refractivity contribution in [3.63, 3.8) is 0 Å². The molecule has 4 rings (SSSR count). The van der Waals surface area contributed by atoms with E-state index in [4.69, 9.17) is 4.74 Å². The van der Waals surface area contributed by atoms with Crippen LogP contribution in [-0.2, 0) is 13.1 Å². The summed E-state index contributed by atoms with van der Waals surface area (Å²) in [7, 11) is 1.61. The number of aryl methyl sites for hydroxylation is 1. The minimum atomic E-state index is -0.266. The van der Waals surface area contributed by atoms with Crippen molar-refractivity contribution < 1.29 is 4.74 Å². The van der Waals surface area contributed by atoms with Crippen molar-refractivity contribution in [3.05, 3.63) is 74.9 Å². The number of nitrogens with zero attached hydrogens (tertiary/aromatic N) is 4. The van der Waals surface area contributed by atoms with Gasteiger partial charge in [-0.15, -0.1) is 5.10 Å². The summed E-state index contributed by atoms with van der Waals surface area (Å²) >= 11 is 0. The van der Waals surface area contributed by atoms with Gasteiger partial charge in [-0.1, -0.05) is 38.1 Å². The van der Waals surface area contributed by atoms with Crippen LogP contribution in [-0.4, -0.2) is 25.9 Å². The minimum Gasteiger partial charge on any atom is -0.497 e. The van der Waals surface area contributed by atoms with Crippen LogP contribution in [0.2, 0.25) is 0 Å². The number of fused-ring (bicyclic) bond motifs is 3. The minimum absolute atomic E-state index is 0.118. The predicted molar refractivity (Wildman–Crippen MR) is 113 cm³/mol. The molecule has 7 nitrogen and oxygen atoms in total. The molecule has 0 aliphatic rings. The zero-order chi connectivity index (χ0) is 20.5. The zero-order valence-electron chi connectivity index (χ0n) is 16.8. The van der Waals surface area contributed by atoms with Gasteiger partial charge in [-0.2, -0.15) is 0 Å². The van der Waals surface area contributed by atoms with E-state index < -0.39 is 0 Å². The summed E-state index contributed by atoms with van der Waals surface area (Å²) in [4.78, 5) is 26.3. The SMILES string of the molecule is COc1cccc(Cn2nc3n(CCC(C)C)c(=O)c4ccccc4n3c2=O)c1. The number of hydrogen-bond acceptors (Lipinski definition) is 4. The van der Waals surface area contributed by atoms with Gasteiger partial charge in [0, 0.05) is 6.54 Å². The first-order chi connectivity index (χ1) is 14.0. The standard InChI is InChI=1S/C22H24N4O3/c1-15(2)11-12-24-20(27)18-9-4-5-10-19(18)26-21(24)23-25(22(26)28)14-16-7-6-8-17(13-16)29-3/h4-10,13,15H,11-12,14H2,1-3H3. The van der Waals surface area contributed by atoms with Gasteiger partial charge < -0.3 is 4.74 Å². The molecule has 0 fully saturated rings. The monoisotopic (exact) mass is 392 g/mol. The average molecular weight is 392 g/mol.